The monoisotopic (exact) mass is 377 g/mol. The van der Waals surface area contributed by atoms with Crippen LogP contribution in [-0.2, 0) is 9.84 Å². The topological polar surface area (TPSA) is 70.6 Å². The minimum absolute atomic E-state index is 0. The van der Waals surface area contributed by atoms with Gasteiger partial charge in [-0.05, 0) is 20.3 Å². The number of nitrogens with one attached hydrogen (secondary N) is 2. The average molecular weight is 377 g/mol. The molecule has 0 heterocycles. The predicted molar refractivity (Wildman–Crippen MR) is 84.0 cm³/mol. The molecule has 0 unspecified atom stereocenters. The second kappa shape index (κ2) is 8.12. The maximum atomic E-state index is 11.5. The van der Waals surface area contributed by atoms with Crippen LogP contribution in [0.1, 0.15) is 27.2 Å². The van der Waals surface area contributed by atoms with Gasteiger partial charge in [-0.2, -0.15) is 0 Å². The SMILES string of the molecule is CCCNC(=NC)NCC(C)(C)S(C)(=O)=O.I. The van der Waals surface area contributed by atoms with E-state index in [1.165, 1.54) is 6.26 Å². The van der Waals surface area contributed by atoms with Gasteiger partial charge in [0.05, 0.1) is 4.75 Å². The number of rotatable bonds is 5. The standard InChI is InChI=1S/C10H23N3O2S.HI/c1-6-7-12-9(11-4)13-8-10(2,3)16(5,14)15;/h6-8H2,1-5H3,(H2,11,12,13);1H. The molecule has 0 saturated heterocycles. The van der Waals surface area contributed by atoms with Crippen LogP contribution in [0.25, 0.3) is 0 Å². The van der Waals surface area contributed by atoms with Crippen molar-refractivity contribution in [3.8, 4) is 0 Å². The van der Waals surface area contributed by atoms with Crippen LogP contribution in [0.4, 0.5) is 0 Å². The zero-order valence-electron chi connectivity index (χ0n) is 11.2. The van der Waals surface area contributed by atoms with Gasteiger partial charge in [0.1, 0.15) is 0 Å². The Kier molecular flexibility index (Phi) is 9.22. The van der Waals surface area contributed by atoms with Crippen molar-refractivity contribution < 1.29 is 8.42 Å². The van der Waals surface area contributed by atoms with E-state index in [2.05, 4.69) is 22.5 Å². The van der Waals surface area contributed by atoms with E-state index >= 15 is 0 Å². The Balaban J connectivity index is 0. The zero-order valence-corrected chi connectivity index (χ0v) is 14.3. The number of sulfone groups is 1. The lowest BCUT2D eigenvalue weighted by atomic mass is 10.2. The van der Waals surface area contributed by atoms with Crippen molar-refractivity contribution in [3.05, 3.63) is 0 Å². The first-order valence-corrected chi connectivity index (χ1v) is 7.28. The van der Waals surface area contributed by atoms with Gasteiger partial charge in [-0.3, -0.25) is 4.99 Å². The second-order valence-electron chi connectivity index (χ2n) is 4.38. The molecule has 17 heavy (non-hydrogen) atoms. The van der Waals surface area contributed by atoms with E-state index in [0.29, 0.717) is 12.5 Å². The lowest BCUT2D eigenvalue weighted by Crippen LogP contribution is -2.47. The molecule has 5 nitrogen and oxygen atoms in total. The molecule has 0 aliphatic carbocycles. The van der Waals surface area contributed by atoms with Gasteiger partial charge in [-0.1, -0.05) is 6.92 Å². The number of guanidine groups is 1. The molecule has 104 valence electrons. The molecular weight excluding hydrogens is 353 g/mol. The minimum atomic E-state index is -3.07. The molecule has 0 spiro atoms. The molecule has 0 aliphatic rings. The Bertz CT molecular complexity index is 339. The van der Waals surface area contributed by atoms with Gasteiger partial charge in [-0.15, -0.1) is 24.0 Å². The van der Waals surface area contributed by atoms with Gasteiger partial charge in [0.15, 0.2) is 15.8 Å². The second-order valence-corrected chi connectivity index (χ2v) is 7.03. The average Bonchev–Trinajstić information content (AvgIpc) is 2.16. The van der Waals surface area contributed by atoms with Crippen LogP contribution >= 0.6 is 24.0 Å². The van der Waals surface area contributed by atoms with Crippen molar-refractivity contribution in [2.75, 3.05) is 26.4 Å². The Labute approximate surface area is 122 Å². The summed E-state index contributed by atoms with van der Waals surface area (Å²) in [6, 6.07) is 0. The maximum Gasteiger partial charge on any atom is 0.191 e. The largest absolute Gasteiger partial charge is 0.356 e. The van der Waals surface area contributed by atoms with Crippen LogP contribution in [0.2, 0.25) is 0 Å². The smallest absolute Gasteiger partial charge is 0.191 e. The molecular formula is C10H24IN3O2S. The Hall–Kier alpha value is -0.0500. The van der Waals surface area contributed by atoms with Crippen LogP contribution in [0.3, 0.4) is 0 Å². The van der Waals surface area contributed by atoms with Gasteiger partial charge < -0.3 is 10.6 Å². The van der Waals surface area contributed by atoms with E-state index in [4.69, 9.17) is 0 Å². The van der Waals surface area contributed by atoms with Crippen LogP contribution in [0.15, 0.2) is 4.99 Å². The summed E-state index contributed by atoms with van der Waals surface area (Å²) in [6.45, 7) is 6.61. The molecule has 0 aromatic rings. The van der Waals surface area contributed by atoms with E-state index in [1.54, 1.807) is 20.9 Å². The highest BCUT2D eigenvalue weighted by Gasteiger charge is 2.30. The summed E-state index contributed by atoms with van der Waals surface area (Å²) in [6.07, 6.45) is 2.24. The van der Waals surface area contributed by atoms with E-state index < -0.39 is 14.6 Å². The van der Waals surface area contributed by atoms with Crippen molar-refractivity contribution in [2.45, 2.75) is 31.9 Å². The number of aliphatic imine (C=N–C) groups is 1. The van der Waals surface area contributed by atoms with Crippen LogP contribution in [0.5, 0.6) is 0 Å². The first-order valence-electron chi connectivity index (χ1n) is 5.38. The number of hydrogen-bond acceptors (Lipinski definition) is 3. The molecule has 0 bridgehead atoms. The van der Waals surface area contributed by atoms with Crippen molar-refractivity contribution in [1.82, 2.24) is 10.6 Å². The molecule has 0 saturated carbocycles. The summed E-state index contributed by atoms with van der Waals surface area (Å²) >= 11 is 0. The summed E-state index contributed by atoms with van der Waals surface area (Å²) in [4.78, 5) is 4.01. The fourth-order valence-electron chi connectivity index (χ4n) is 0.892. The fourth-order valence-corrected chi connectivity index (χ4v) is 1.23. The number of nitrogens with zero attached hydrogens (tertiary/aromatic N) is 1. The molecule has 0 rings (SSSR count). The van der Waals surface area contributed by atoms with Crippen LogP contribution < -0.4 is 10.6 Å². The number of halogens is 1. The number of hydrogen-bond donors (Lipinski definition) is 2. The van der Waals surface area contributed by atoms with Crippen molar-refractivity contribution in [2.24, 2.45) is 4.99 Å². The lowest BCUT2D eigenvalue weighted by molar-refractivity contribution is 0.544. The van der Waals surface area contributed by atoms with E-state index in [0.717, 1.165) is 13.0 Å². The van der Waals surface area contributed by atoms with Crippen LogP contribution in [0, 0.1) is 0 Å². The first-order chi connectivity index (χ1) is 7.24. The third-order valence-electron chi connectivity index (χ3n) is 2.45. The summed E-state index contributed by atoms with van der Waals surface area (Å²) in [5, 5.41) is 6.10. The van der Waals surface area contributed by atoms with Gasteiger partial charge in [0, 0.05) is 26.4 Å². The molecule has 0 amide bonds. The van der Waals surface area contributed by atoms with E-state index in [9.17, 15) is 8.42 Å². The molecule has 0 radical (unpaired) electrons. The Morgan fingerprint density at radius 1 is 1.29 bits per heavy atom. The zero-order chi connectivity index (χ0) is 12.8. The van der Waals surface area contributed by atoms with Crippen molar-refractivity contribution in [1.29, 1.82) is 0 Å². The van der Waals surface area contributed by atoms with Crippen LogP contribution in [-0.4, -0.2) is 45.5 Å². The predicted octanol–water partition coefficient (Wildman–Crippen LogP) is 1.00. The van der Waals surface area contributed by atoms with Gasteiger partial charge >= 0.3 is 0 Å². The molecule has 0 aromatic carbocycles. The molecule has 7 heteroatoms. The summed E-state index contributed by atoms with van der Waals surface area (Å²) in [5.41, 5.74) is 0. The molecule has 0 fully saturated rings. The van der Waals surface area contributed by atoms with Gasteiger partial charge in [0.2, 0.25) is 0 Å². The van der Waals surface area contributed by atoms with E-state index in [1.807, 2.05) is 0 Å². The van der Waals surface area contributed by atoms with Crippen molar-refractivity contribution >= 4 is 39.8 Å². The highest BCUT2D eigenvalue weighted by molar-refractivity contribution is 14.0. The maximum absolute atomic E-state index is 11.5. The van der Waals surface area contributed by atoms with E-state index in [-0.39, 0.29) is 24.0 Å². The Morgan fingerprint density at radius 2 is 1.82 bits per heavy atom. The minimum Gasteiger partial charge on any atom is -0.356 e. The summed E-state index contributed by atoms with van der Waals surface area (Å²) in [5.74, 6) is 0.638. The fraction of sp³-hybridized carbons (Fsp3) is 0.900. The normalized spacial score (nSPS) is 12.9. The molecule has 2 N–H and O–H groups in total. The highest BCUT2D eigenvalue weighted by atomic mass is 127. The highest BCUT2D eigenvalue weighted by Crippen LogP contribution is 2.13. The van der Waals surface area contributed by atoms with Gasteiger partial charge in [0.25, 0.3) is 0 Å². The quantitative estimate of drug-likeness (QED) is 0.426. The third-order valence-corrected chi connectivity index (χ3v) is 4.60. The van der Waals surface area contributed by atoms with Gasteiger partial charge in [-0.25, -0.2) is 8.42 Å². The summed E-state index contributed by atoms with van der Waals surface area (Å²) in [7, 11) is -1.41. The third kappa shape index (κ3) is 7.07. The molecule has 0 atom stereocenters. The van der Waals surface area contributed by atoms with Crippen molar-refractivity contribution in [3.63, 3.8) is 0 Å². The Morgan fingerprint density at radius 3 is 2.18 bits per heavy atom. The lowest BCUT2D eigenvalue weighted by Gasteiger charge is -2.24. The molecule has 0 aromatic heterocycles. The summed E-state index contributed by atoms with van der Waals surface area (Å²) < 4.78 is 22.1. The first kappa shape index (κ1) is 19.3. The molecule has 0 aliphatic heterocycles.